The van der Waals surface area contributed by atoms with Gasteiger partial charge in [-0.05, 0) is 51.2 Å². The van der Waals surface area contributed by atoms with E-state index in [-0.39, 0.29) is 0 Å². The van der Waals surface area contributed by atoms with Gasteiger partial charge in [0.15, 0.2) is 5.16 Å². The number of nitrogens with zero attached hydrogens (tertiary/aromatic N) is 3. The monoisotopic (exact) mass is 434 g/mol. The topological polar surface area (TPSA) is 63.6 Å². The summed E-state index contributed by atoms with van der Waals surface area (Å²) < 4.78 is 15.0. The van der Waals surface area contributed by atoms with E-state index in [2.05, 4.69) is 58.1 Å². The molecule has 162 valence electrons. The number of H-pyrrole nitrogens is 1. The average molecular weight is 435 g/mol. The van der Waals surface area contributed by atoms with E-state index >= 15 is 0 Å². The fraction of sp³-hybridized carbons (Fsp3) is 0.360. The van der Waals surface area contributed by atoms with E-state index < -0.39 is 10.8 Å². The first-order valence-corrected chi connectivity index (χ1v) is 12.3. The molecule has 5 nitrogen and oxygen atoms in total. The normalized spacial score (nSPS) is 14.6. The number of hydrogen-bond donors (Lipinski definition) is 1. The van der Waals surface area contributed by atoms with Crippen molar-refractivity contribution in [2.24, 2.45) is 0 Å². The fourth-order valence-electron chi connectivity index (χ4n) is 3.97. The maximum atomic E-state index is 13.0. The Balaban J connectivity index is 1.41. The van der Waals surface area contributed by atoms with Gasteiger partial charge in [-0.2, -0.15) is 5.10 Å². The van der Waals surface area contributed by atoms with Crippen molar-refractivity contribution in [3.63, 3.8) is 0 Å². The number of aromatic nitrogens is 4. The third kappa shape index (κ3) is 5.31. The Morgan fingerprint density at radius 1 is 1.13 bits per heavy atom. The molecule has 3 aromatic rings. The lowest BCUT2D eigenvalue weighted by Crippen LogP contribution is -2.04. The number of benzene rings is 1. The van der Waals surface area contributed by atoms with E-state index in [1.165, 1.54) is 11.3 Å². The highest BCUT2D eigenvalue weighted by Gasteiger charge is 2.19. The molecule has 2 heterocycles. The summed E-state index contributed by atoms with van der Waals surface area (Å²) in [5.74, 6) is 0.622. The molecule has 0 radical (unpaired) electrons. The zero-order chi connectivity index (χ0) is 21.6. The first kappa shape index (κ1) is 21.5. The van der Waals surface area contributed by atoms with Crippen LogP contribution in [0.2, 0.25) is 0 Å². The van der Waals surface area contributed by atoms with Crippen molar-refractivity contribution < 1.29 is 4.21 Å². The Morgan fingerprint density at radius 2 is 1.97 bits per heavy atom. The molecule has 31 heavy (non-hydrogen) atoms. The fourth-order valence-corrected chi connectivity index (χ4v) is 5.04. The Kier molecular flexibility index (Phi) is 6.97. The maximum Gasteiger partial charge on any atom is 0.197 e. The van der Waals surface area contributed by atoms with Crippen LogP contribution in [0.3, 0.4) is 0 Å². The molecule has 1 N–H and O–H groups in total. The number of rotatable bonds is 9. The molecular formula is C25H30N4OS. The molecule has 2 aromatic heterocycles. The second-order valence-corrected chi connectivity index (χ2v) is 9.54. The highest BCUT2D eigenvalue weighted by molar-refractivity contribution is 7.84. The number of imidazole rings is 1. The van der Waals surface area contributed by atoms with Crippen LogP contribution in [0.4, 0.5) is 0 Å². The minimum Gasteiger partial charge on any atom is -0.330 e. The summed E-state index contributed by atoms with van der Waals surface area (Å²) in [6, 6.07) is 12.3. The number of nitrogens with one attached hydrogen (secondary N) is 1. The van der Waals surface area contributed by atoms with Gasteiger partial charge in [0.2, 0.25) is 0 Å². The zero-order valence-corrected chi connectivity index (χ0v) is 19.1. The van der Waals surface area contributed by atoms with Gasteiger partial charge in [0, 0.05) is 23.6 Å². The van der Waals surface area contributed by atoms with E-state index in [0.29, 0.717) is 10.9 Å². The van der Waals surface area contributed by atoms with Gasteiger partial charge < -0.3 is 4.98 Å². The molecule has 1 aliphatic carbocycles. The number of hydrogen-bond acceptors (Lipinski definition) is 3. The third-order valence-corrected chi connectivity index (χ3v) is 6.87. The van der Waals surface area contributed by atoms with Crippen LogP contribution in [0, 0.1) is 13.8 Å². The minimum absolute atomic E-state index is 0.586. The summed E-state index contributed by atoms with van der Waals surface area (Å²) in [7, 11) is -1.13. The van der Waals surface area contributed by atoms with Crippen molar-refractivity contribution >= 4 is 16.4 Å². The molecule has 0 saturated heterocycles. The molecule has 1 aromatic carbocycles. The Morgan fingerprint density at radius 3 is 2.68 bits per heavy atom. The molecule has 0 fully saturated rings. The van der Waals surface area contributed by atoms with Crippen LogP contribution in [0.1, 0.15) is 49.2 Å². The molecule has 1 atom stereocenters. The van der Waals surface area contributed by atoms with Crippen molar-refractivity contribution in [2.45, 2.75) is 57.7 Å². The lowest BCUT2D eigenvalue weighted by Gasteiger charge is -2.08. The molecular weight excluding hydrogens is 404 g/mol. The molecule has 1 unspecified atom stereocenters. The van der Waals surface area contributed by atoms with Gasteiger partial charge in [-0.1, -0.05) is 55.0 Å². The molecule has 1 aliphatic rings. The van der Waals surface area contributed by atoms with Gasteiger partial charge in [0.1, 0.15) is 0 Å². The number of unbranched alkanes of at least 4 members (excludes halogenated alkanes) is 2. The summed E-state index contributed by atoms with van der Waals surface area (Å²) in [5, 5.41) is 5.09. The summed E-state index contributed by atoms with van der Waals surface area (Å²) in [6.45, 7) is 5.02. The molecule has 0 bridgehead atoms. The van der Waals surface area contributed by atoms with E-state index in [9.17, 15) is 4.21 Å². The molecule has 6 heteroatoms. The van der Waals surface area contributed by atoms with E-state index in [1.807, 2.05) is 25.1 Å². The SMILES string of the molecule is Cc1cc(C)n(CCCCCS(=O)c2nc(C3=CC=CCC3)c(-c3ccccc3)[nH]2)n1. The van der Waals surface area contributed by atoms with Crippen LogP contribution in [0.15, 0.2) is 59.8 Å². The Hall–Kier alpha value is -2.73. The highest BCUT2D eigenvalue weighted by atomic mass is 32.2. The van der Waals surface area contributed by atoms with Gasteiger partial charge in [-0.3, -0.25) is 8.89 Å². The minimum atomic E-state index is -1.13. The molecule has 0 spiro atoms. The molecule has 4 rings (SSSR count). The van der Waals surface area contributed by atoms with E-state index in [0.717, 1.165) is 61.3 Å². The second-order valence-electron chi connectivity index (χ2n) is 8.05. The number of aromatic amines is 1. The van der Waals surface area contributed by atoms with Crippen molar-refractivity contribution in [3.8, 4) is 11.3 Å². The quantitative estimate of drug-likeness (QED) is 0.446. The lowest BCUT2D eigenvalue weighted by atomic mass is 9.98. The maximum absolute atomic E-state index is 13.0. The average Bonchev–Trinajstić information content (AvgIpc) is 3.38. The molecule has 0 amide bonds. The first-order chi connectivity index (χ1) is 15.1. The summed E-state index contributed by atoms with van der Waals surface area (Å²) >= 11 is 0. The van der Waals surface area contributed by atoms with E-state index in [4.69, 9.17) is 4.98 Å². The van der Waals surface area contributed by atoms with Gasteiger partial charge in [-0.25, -0.2) is 4.98 Å². The van der Waals surface area contributed by atoms with E-state index in [1.54, 1.807) is 0 Å². The van der Waals surface area contributed by atoms with Gasteiger partial charge in [-0.15, -0.1) is 0 Å². The predicted octanol–water partition coefficient (Wildman–Crippen LogP) is 5.60. The predicted molar refractivity (Wildman–Crippen MR) is 127 cm³/mol. The molecule has 0 aliphatic heterocycles. The summed E-state index contributed by atoms with van der Waals surface area (Å²) in [5.41, 5.74) is 6.44. The van der Waals surface area contributed by atoms with Crippen LogP contribution < -0.4 is 0 Å². The van der Waals surface area contributed by atoms with Crippen molar-refractivity contribution in [1.82, 2.24) is 19.7 Å². The second kappa shape index (κ2) is 10.1. The Bertz CT molecular complexity index is 1110. The van der Waals surface area contributed by atoms with Crippen LogP contribution in [0.5, 0.6) is 0 Å². The summed E-state index contributed by atoms with van der Waals surface area (Å²) in [6.07, 6.45) is 11.3. The number of aryl methyl sites for hydroxylation is 3. The standard InChI is InChI=1S/C25H30N4OS/c1-19-18-20(2)29(28-19)16-10-5-11-17-31(30)25-26-23(21-12-6-3-7-13-21)24(27-25)22-14-8-4-9-15-22/h3-4,6-8,12-14,18H,5,9-11,15-17H2,1-2H3,(H,26,27). The first-order valence-electron chi connectivity index (χ1n) is 11.0. The highest BCUT2D eigenvalue weighted by Crippen LogP contribution is 2.31. The molecule has 0 saturated carbocycles. The van der Waals surface area contributed by atoms with Gasteiger partial charge in [0.05, 0.1) is 27.9 Å². The van der Waals surface area contributed by atoms with Gasteiger partial charge in [0.25, 0.3) is 0 Å². The third-order valence-electron chi connectivity index (χ3n) is 5.58. The summed E-state index contributed by atoms with van der Waals surface area (Å²) in [4.78, 5) is 8.18. The van der Waals surface area contributed by atoms with Crippen LogP contribution in [-0.4, -0.2) is 29.7 Å². The zero-order valence-electron chi connectivity index (χ0n) is 18.3. The smallest absolute Gasteiger partial charge is 0.197 e. The number of allylic oxidation sites excluding steroid dienone is 4. The van der Waals surface area contributed by atoms with Crippen molar-refractivity contribution in [3.05, 3.63) is 71.7 Å². The van der Waals surface area contributed by atoms with Crippen LogP contribution in [0.25, 0.3) is 16.8 Å². The van der Waals surface area contributed by atoms with Crippen LogP contribution in [-0.2, 0) is 17.3 Å². The Labute approximate surface area is 186 Å². The van der Waals surface area contributed by atoms with Crippen molar-refractivity contribution in [2.75, 3.05) is 5.75 Å². The van der Waals surface area contributed by atoms with Crippen molar-refractivity contribution in [1.29, 1.82) is 0 Å². The lowest BCUT2D eigenvalue weighted by molar-refractivity contribution is 0.540. The van der Waals surface area contributed by atoms with Gasteiger partial charge >= 0.3 is 0 Å². The largest absolute Gasteiger partial charge is 0.330 e. The van der Waals surface area contributed by atoms with Crippen LogP contribution >= 0.6 is 0 Å².